The molecule has 4 N–H and O–H groups in total. The van der Waals surface area contributed by atoms with Gasteiger partial charge in [-0.1, -0.05) is 11.6 Å². The zero-order valence-corrected chi connectivity index (χ0v) is 11.6. The molecule has 0 spiro atoms. The molecule has 0 aromatic carbocycles. The van der Waals surface area contributed by atoms with Crippen molar-refractivity contribution in [2.24, 2.45) is 0 Å². The number of methoxy groups -OCH3 is 1. The van der Waals surface area contributed by atoms with E-state index < -0.39 is 37.3 Å². The Morgan fingerprint density at radius 3 is 2.79 bits per heavy atom. The summed E-state index contributed by atoms with van der Waals surface area (Å²) in [6, 6.07) is -0.718. The van der Waals surface area contributed by atoms with Gasteiger partial charge < -0.3 is 30.1 Å². The molecule has 108 valence electrons. The quantitative estimate of drug-likeness (QED) is 0.603. The van der Waals surface area contributed by atoms with Crippen LogP contribution >= 0.6 is 22.9 Å². The van der Waals surface area contributed by atoms with Gasteiger partial charge in [0.1, 0.15) is 29.5 Å². The molecule has 0 bridgehead atoms. The van der Waals surface area contributed by atoms with E-state index in [1.807, 2.05) is 0 Å². The van der Waals surface area contributed by atoms with Gasteiger partial charge in [-0.3, -0.25) is 0 Å². The van der Waals surface area contributed by atoms with Crippen LogP contribution < -0.4 is 5.32 Å². The molecule has 1 aromatic rings. The van der Waals surface area contributed by atoms with Crippen LogP contribution in [0.4, 0.5) is 5.13 Å². The Kier molecular flexibility index (Phi) is 4.96. The van der Waals surface area contributed by atoms with Crippen LogP contribution in [-0.4, -0.2) is 64.7 Å². The average Bonchev–Trinajstić information content (AvgIpc) is 2.81. The first-order valence-corrected chi connectivity index (χ1v) is 6.85. The summed E-state index contributed by atoms with van der Waals surface area (Å²) < 4.78 is 10.5. The van der Waals surface area contributed by atoms with Crippen LogP contribution in [0.15, 0.2) is 5.38 Å². The highest BCUT2D eigenvalue weighted by Crippen LogP contribution is 2.27. The summed E-state index contributed by atoms with van der Waals surface area (Å²) in [5.74, 6) is 0. The lowest BCUT2D eigenvalue weighted by Gasteiger charge is -2.41. The van der Waals surface area contributed by atoms with Crippen molar-refractivity contribution in [3.63, 3.8) is 0 Å². The minimum Gasteiger partial charge on any atom is -0.394 e. The first-order valence-electron chi connectivity index (χ1n) is 5.59. The molecule has 2 heterocycles. The van der Waals surface area contributed by atoms with Crippen molar-refractivity contribution in [3.8, 4) is 0 Å². The highest BCUT2D eigenvalue weighted by Gasteiger charge is 2.44. The van der Waals surface area contributed by atoms with Crippen molar-refractivity contribution in [3.05, 3.63) is 10.5 Å². The number of hydrogen-bond donors (Lipinski definition) is 4. The lowest BCUT2D eigenvalue weighted by Crippen LogP contribution is -2.61. The molecule has 1 fully saturated rings. The third kappa shape index (κ3) is 3.16. The van der Waals surface area contributed by atoms with E-state index >= 15 is 0 Å². The SMILES string of the molecule is CO[C@H]1O[C@H](CO)[C@H](O)[C@H](O)[C@@H]1Nc1nc(Cl)cs1. The van der Waals surface area contributed by atoms with E-state index in [-0.39, 0.29) is 0 Å². The van der Waals surface area contributed by atoms with Gasteiger partial charge in [-0.2, -0.15) is 0 Å². The molecular weight excluding hydrogens is 296 g/mol. The number of rotatable bonds is 4. The van der Waals surface area contributed by atoms with Crippen LogP contribution in [0.25, 0.3) is 0 Å². The fraction of sp³-hybridized carbons (Fsp3) is 0.700. The Hall–Kier alpha value is -0.480. The summed E-state index contributed by atoms with van der Waals surface area (Å²) in [7, 11) is 1.41. The second kappa shape index (κ2) is 6.31. The van der Waals surface area contributed by atoms with E-state index in [1.165, 1.54) is 18.4 Å². The summed E-state index contributed by atoms with van der Waals surface area (Å²) in [5.41, 5.74) is 0. The number of nitrogens with one attached hydrogen (secondary N) is 1. The van der Waals surface area contributed by atoms with Gasteiger partial charge in [0.2, 0.25) is 0 Å². The number of thiazole rings is 1. The van der Waals surface area contributed by atoms with Crippen LogP contribution in [-0.2, 0) is 9.47 Å². The number of aliphatic hydroxyl groups excluding tert-OH is 3. The number of anilines is 1. The van der Waals surface area contributed by atoms with Crippen LogP contribution in [0.2, 0.25) is 5.15 Å². The van der Waals surface area contributed by atoms with E-state index in [0.717, 1.165) is 0 Å². The third-order valence-electron chi connectivity index (χ3n) is 2.88. The average molecular weight is 311 g/mol. The van der Waals surface area contributed by atoms with Crippen molar-refractivity contribution in [2.75, 3.05) is 19.0 Å². The molecule has 1 saturated heterocycles. The molecule has 5 atom stereocenters. The predicted octanol–water partition coefficient (Wildman–Crippen LogP) is -0.338. The van der Waals surface area contributed by atoms with Gasteiger partial charge >= 0.3 is 0 Å². The normalized spacial score (nSPS) is 35.3. The van der Waals surface area contributed by atoms with Gasteiger partial charge in [-0.25, -0.2) is 4.98 Å². The monoisotopic (exact) mass is 310 g/mol. The molecular formula is C10H15ClN2O5S. The topological polar surface area (TPSA) is 104 Å². The summed E-state index contributed by atoms with van der Waals surface area (Å²) in [6.07, 6.45) is -4.10. The fourth-order valence-corrected chi connectivity index (χ4v) is 2.79. The molecule has 0 unspecified atom stereocenters. The zero-order chi connectivity index (χ0) is 14.0. The van der Waals surface area contributed by atoms with E-state index in [1.54, 1.807) is 5.38 Å². The third-order valence-corrected chi connectivity index (χ3v) is 3.98. The lowest BCUT2D eigenvalue weighted by atomic mass is 9.97. The Bertz CT molecular complexity index is 418. The smallest absolute Gasteiger partial charge is 0.184 e. The molecule has 0 aliphatic carbocycles. The Morgan fingerprint density at radius 2 is 2.26 bits per heavy atom. The number of aromatic nitrogens is 1. The standard InChI is InChI=1S/C10H15ClN2O5S/c1-17-9-6(13-10-12-5(11)3-19-10)8(16)7(15)4(2-14)18-9/h3-4,6-9,14-16H,2H2,1H3,(H,12,13)/t4-,6+,7+,8-,9+/m1/s1. The van der Waals surface area contributed by atoms with Crippen molar-refractivity contribution in [1.82, 2.24) is 4.98 Å². The fourth-order valence-electron chi connectivity index (χ4n) is 1.90. The molecule has 0 radical (unpaired) electrons. The van der Waals surface area contributed by atoms with Gasteiger partial charge in [0.05, 0.1) is 6.61 Å². The van der Waals surface area contributed by atoms with Gasteiger partial charge in [0.25, 0.3) is 0 Å². The first kappa shape index (κ1) is 14.9. The van der Waals surface area contributed by atoms with Crippen molar-refractivity contribution in [2.45, 2.75) is 30.6 Å². The maximum absolute atomic E-state index is 10.1. The number of nitrogens with zero attached hydrogens (tertiary/aromatic N) is 1. The van der Waals surface area contributed by atoms with Gasteiger partial charge in [0, 0.05) is 12.5 Å². The molecule has 9 heteroatoms. The number of aliphatic hydroxyl groups is 3. The predicted molar refractivity (Wildman–Crippen MR) is 69.3 cm³/mol. The van der Waals surface area contributed by atoms with Crippen molar-refractivity contribution >= 4 is 28.1 Å². The maximum Gasteiger partial charge on any atom is 0.184 e. The van der Waals surface area contributed by atoms with Crippen LogP contribution in [0.1, 0.15) is 0 Å². The first-order chi connectivity index (χ1) is 9.06. The molecule has 0 amide bonds. The number of halogens is 1. The van der Waals surface area contributed by atoms with Crippen LogP contribution in [0, 0.1) is 0 Å². The molecule has 19 heavy (non-hydrogen) atoms. The van der Waals surface area contributed by atoms with E-state index in [2.05, 4.69) is 10.3 Å². The minimum absolute atomic E-state index is 0.335. The van der Waals surface area contributed by atoms with Gasteiger partial charge in [-0.05, 0) is 0 Å². The second-order valence-electron chi connectivity index (χ2n) is 4.09. The number of hydrogen-bond acceptors (Lipinski definition) is 8. The van der Waals surface area contributed by atoms with E-state index in [4.69, 9.17) is 26.2 Å². The van der Waals surface area contributed by atoms with E-state index in [9.17, 15) is 10.2 Å². The van der Waals surface area contributed by atoms with E-state index in [0.29, 0.717) is 10.3 Å². The van der Waals surface area contributed by atoms with Crippen molar-refractivity contribution in [1.29, 1.82) is 0 Å². The van der Waals surface area contributed by atoms with Crippen LogP contribution in [0.3, 0.4) is 0 Å². The lowest BCUT2D eigenvalue weighted by molar-refractivity contribution is -0.254. The Labute approximate surface area is 118 Å². The molecule has 2 rings (SSSR count). The summed E-state index contributed by atoms with van der Waals surface area (Å²) in [6.45, 7) is -0.409. The Balaban J connectivity index is 2.12. The maximum atomic E-state index is 10.1. The molecule has 1 aliphatic heterocycles. The zero-order valence-electron chi connectivity index (χ0n) is 10.1. The molecule has 1 aromatic heterocycles. The van der Waals surface area contributed by atoms with Gasteiger partial charge in [0.15, 0.2) is 11.4 Å². The highest BCUT2D eigenvalue weighted by atomic mass is 35.5. The van der Waals surface area contributed by atoms with Gasteiger partial charge in [-0.15, -0.1) is 11.3 Å². The Morgan fingerprint density at radius 1 is 1.53 bits per heavy atom. The summed E-state index contributed by atoms with van der Waals surface area (Å²) in [4.78, 5) is 3.99. The van der Waals surface area contributed by atoms with Crippen molar-refractivity contribution < 1.29 is 24.8 Å². The number of ether oxygens (including phenoxy) is 2. The largest absolute Gasteiger partial charge is 0.394 e. The van der Waals surface area contributed by atoms with Crippen LogP contribution in [0.5, 0.6) is 0 Å². The summed E-state index contributed by atoms with van der Waals surface area (Å²) >= 11 is 6.97. The molecule has 0 saturated carbocycles. The second-order valence-corrected chi connectivity index (χ2v) is 5.33. The molecule has 7 nitrogen and oxygen atoms in total. The highest BCUT2D eigenvalue weighted by molar-refractivity contribution is 7.14. The minimum atomic E-state index is -1.22. The molecule has 1 aliphatic rings. The summed E-state index contributed by atoms with van der Waals surface area (Å²) in [5, 5.41) is 34.3.